The Bertz CT molecular complexity index is 360. The highest BCUT2D eigenvalue weighted by Crippen LogP contribution is 2.33. The summed E-state index contributed by atoms with van der Waals surface area (Å²) in [5.74, 6) is 2.67. The Hall–Kier alpha value is -1.32. The smallest absolute Gasteiger partial charge is 0.224 e. The third-order valence-corrected chi connectivity index (χ3v) is 2.98. The molecule has 0 saturated heterocycles. The van der Waals surface area contributed by atoms with Crippen LogP contribution in [-0.4, -0.2) is 23.1 Å². The summed E-state index contributed by atoms with van der Waals surface area (Å²) in [4.78, 5) is 8.75. The molecular weight excluding hydrogens is 212 g/mol. The van der Waals surface area contributed by atoms with Crippen LogP contribution < -0.4 is 10.6 Å². The number of aryl methyl sites for hydroxylation is 1. The zero-order valence-corrected chi connectivity index (χ0v) is 10.8. The topological polar surface area (TPSA) is 49.8 Å². The molecule has 0 bridgehead atoms. The van der Waals surface area contributed by atoms with E-state index < -0.39 is 0 Å². The van der Waals surface area contributed by atoms with Gasteiger partial charge in [-0.3, -0.25) is 0 Å². The van der Waals surface area contributed by atoms with E-state index in [0.717, 1.165) is 36.5 Å². The van der Waals surface area contributed by atoms with E-state index >= 15 is 0 Å². The van der Waals surface area contributed by atoms with Gasteiger partial charge in [0.2, 0.25) is 5.95 Å². The quantitative estimate of drug-likeness (QED) is 0.712. The first-order valence-corrected chi connectivity index (χ1v) is 6.61. The van der Waals surface area contributed by atoms with Gasteiger partial charge >= 0.3 is 0 Å². The SMILES string of the molecule is CCNc1nc(C)cc(NCCCC2CC2)n1. The molecule has 4 heteroatoms. The van der Waals surface area contributed by atoms with Gasteiger partial charge in [0.25, 0.3) is 0 Å². The number of anilines is 2. The molecule has 0 aliphatic heterocycles. The highest BCUT2D eigenvalue weighted by molar-refractivity contribution is 5.41. The minimum absolute atomic E-state index is 0.720. The number of rotatable bonds is 7. The van der Waals surface area contributed by atoms with Crippen LogP contribution in [0, 0.1) is 12.8 Å². The summed E-state index contributed by atoms with van der Waals surface area (Å²) in [7, 11) is 0. The largest absolute Gasteiger partial charge is 0.370 e. The molecular formula is C13H22N4. The zero-order chi connectivity index (χ0) is 12.1. The van der Waals surface area contributed by atoms with E-state index in [4.69, 9.17) is 0 Å². The standard InChI is InChI=1S/C13H22N4/c1-3-14-13-16-10(2)9-12(17-13)15-8-4-5-11-6-7-11/h9,11H,3-8H2,1-2H3,(H2,14,15,16,17). The van der Waals surface area contributed by atoms with E-state index in [-0.39, 0.29) is 0 Å². The molecule has 2 rings (SSSR count). The predicted molar refractivity (Wildman–Crippen MR) is 71.4 cm³/mol. The van der Waals surface area contributed by atoms with Gasteiger partial charge in [0.15, 0.2) is 0 Å². The second kappa shape index (κ2) is 5.84. The Morgan fingerprint density at radius 3 is 2.82 bits per heavy atom. The summed E-state index contributed by atoms with van der Waals surface area (Å²) in [6.07, 6.45) is 5.48. The van der Waals surface area contributed by atoms with Crippen LogP contribution in [0.4, 0.5) is 11.8 Å². The Morgan fingerprint density at radius 1 is 1.29 bits per heavy atom. The average Bonchev–Trinajstić information content (AvgIpc) is 3.08. The Balaban J connectivity index is 1.80. The molecule has 1 fully saturated rings. The zero-order valence-electron chi connectivity index (χ0n) is 10.8. The van der Waals surface area contributed by atoms with Gasteiger partial charge in [0, 0.05) is 24.8 Å². The van der Waals surface area contributed by atoms with Crippen LogP contribution in [0.15, 0.2) is 6.07 Å². The Morgan fingerprint density at radius 2 is 2.12 bits per heavy atom. The van der Waals surface area contributed by atoms with Gasteiger partial charge in [-0.05, 0) is 32.6 Å². The van der Waals surface area contributed by atoms with Gasteiger partial charge in [0.1, 0.15) is 5.82 Å². The maximum absolute atomic E-state index is 4.42. The van der Waals surface area contributed by atoms with E-state index in [1.54, 1.807) is 0 Å². The van der Waals surface area contributed by atoms with Gasteiger partial charge in [-0.2, -0.15) is 4.98 Å². The average molecular weight is 234 g/mol. The lowest BCUT2D eigenvalue weighted by molar-refractivity contribution is 0.686. The van der Waals surface area contributed by atoms with Gasteiger partial charge < -0.3 is 10.6 Å². The second-order valence-corrected chi connectivity index (χ2v) is 4.76. The molecule has 1 saturated carbocycles. The number of nitrogens with zero attached hydrogens (tertiary/aromatic N) is 2. The fourth-order valence-corrected chi connectivity index (χ4v) is 1.91. The van der Waals surface area contributed by atoms with Gasteiger partial charge in [-0.25, -0.2) is 4.98 Å². The summed E-state index contributed by atoms with van der Waals surface area (Å²) in [6.45, 7) is 5.91. The molecule has 0 spiro atoms. The van der Waals surface area contributed by atoms with E-state index in [2.05, 4.69) is 27.5 Å². The summed E-state index contributed by atoms with van der Waals surface area (Å²) in [6, 6.07) is 2.00. The van der Waals surface area contributed by atoms with Gasteiger partial charge in [0.05, 0.1) is 0 Å². The van der Waals surface area contributed by atoms with Crippen LogP contribution in [0.1, 0.15) is 38.3 Å². The lowest BCUT2D eigenvalue weighted by Gasteiger charge is -2.08. The summed E-state index contributed by atoms with van der Waals surface area (Å²) < 4.78 is 0. The monoisotopic (exact) mass is 234 g/mol. The molecule has 17 heavy (non-hydrogen) atoms. The lowest BCUT2D eigenvalue weighted by atomic mass is 10.2. The normalized spacial score (nSPS) is 14.7. The Kier molecular flexibility index (Phi) is 4.18. The fourth-order valence-electron chi connectivity index (χ4n) is 1.91. The van der Waals surface area contributed by atoms with Crippen LogP contribution in [0.25, 0.3) is 0 Å². The second-order valence-electron chi connectivity index (χ2n) is 4.76. The Labute approximate surface area is 103 Å². The molecule has 2 N–H and O–H groups in total. The molecule has 0 atom stereocenters. The summed E-state index contributed by atoms with van der Waals surface area (Å²) in [5.41, 5.74) is 1.00. The van der Waals surface area contributed by atoms with Crippen molar-refractivity contribution >= 4 is 11.8 Å². The number of nitrogens with one attached hydrogen (secondary N) is 2. The maximum atomic E-state index is 4.42. The maximum Gasteiger partial charge on any atom is 0.224 e. The first kappa shape index (κ1) is 12.1. The van der Waals surface area contributed by atoms with Crippen molar-refractivity contribution in [1.82, 2.24) is 9.97 Å². The number of hydrogen-bond donors (Lipinski definition) is 2. The summed E-state index contributed by atoms with van der Waals surface area (Å²) >= 11 is 0. The van der Waals surface area contributed by atoms with Crippen molar-refractivity contribution in [2.24, 2.45) is 5.92 Å². The van der Waals surface area contributed by atoms with Crippen LogP contribution in [-0.2, 0) is 0 Å². The molecule has 0 unspecified atom stereocenters. The number of hydrogen-bond acceptors (Lipinski definition) is 4. The van der Waals surface area contributed by atoms with Crippen molar-refractivity contribution in [2.45, 2.75) is 39.5 Å². The minimum Gasteiger partial charge on any atom is -0.370 e. The molecule has 4 nitrogen and oxygen atoms in total. The molecule has 1 aromatic rings. The van der Waals surface area contributed by atoms with Crippen LogP contribution in [0.3, 0.4) is 0 Å². The molecule has 1 aliphatic rings. The van der Waals surface area contributed by atoms with Crippen LogP contribution in [0.5, 0.6) is 0 Å². The predicted octanol–water partition coefficient (Wildman–Crippen LogP) is 2.82. The molecule has 1 heterocycles. The lowest BCUT2D eigenvalue weighted by Crippen LogP contribution is -2.08. The highest BCUT2D eigenvalue weighted by Gasteiger charge is 2.19. The highest BCUT2D eigenvalue weighted by atomic mass is 15.1. The van der Waals surface area contributed by atoms with Crippen molar-refractivity contribution in [3.05, 3.63) is 11.8 Å². The summed E-state index contributed by atoms with van der Waals surface area (Å²) in [5, 5.41) is 6.52. The first-order valence-electron chi connectivity index (χ1n) is 6.61. The third kappa shape index (κ3) is 4.21. The van der Waals surface area contributed by atoms with Crippen molar-refractivity contribution in [2.75, 3.05) is 23.7 Å². The van der Waals surface area contributed by atoms with E-state index in [9.17, 15) is 0 Å². The third-order valence-electron chi connectivity index (χ3n) is 2.98. The molecule has 94 valence electrons. The van der Waals surface area contributed by atoms with Crippen molar-refractivity contribution in [3.8, 4) is 0 Å². The van der Waals surface area contributed by atoms with Gasteiger partial charge in [-0.15, -0.1) is 0 Å². The van der Waals surface area contributed by atoms with E-state index in [0.29, 0.717) is 0 Å². The molecule has 1 aliphatic carbocycles. The van der Waals surface area contributed by atoms with Crippen molar-refractivity contribution in [1.29, 1.82) is 0 Å². The molecule has 0 aromatic carbocycles. The van der Waals surface area contributed by atoms with E-state index in [1.165, 1.54) is 25.7 Å². The van der Waals surface area contributed by atoms with Crippen molar-refractivity contribution in [3.63, 3.8) is 0 Å². The molecule has 0 amide bonds. The molecule has 1 aromatic heterocycles. The molecule has 0 radical (unpaired) electrons. The minimum atomic E-state index is 0.720. The fraction of sp³-hybridized carbons (Fsp3) is 0.692. The number of aromatic nitrogens is 2. The first-order chi connectivity index (χ1) is 8.28. The van der Waals surface area contributed by atoms with Crippen LogP contribution >= 0.6 is 0 Å². The van der Waals surface area contributed by atoms with Crippen molar-refractivity contribution < 1.29 is 0 Å². The van der Waals surface area contributed by atoms with E-state index in [1.807, 2.05) is 13.0 Å². The van der Waals surface area contributed by atoms with Crippen LogP contribution in [0.2, 0.25) is 0 Å². The van der Waals surface area contributed by atoms with Gasteiger partial charge in [-0.1, -0.05) is 12.8 Å².